The van der Waals surface area contributed by atoms with Gasteiger partial charge < -0.3 is 10.8 Å². The summed E-state index contributed by atoms with van der Waals surface area (Å²) in [5.41, 5.74) is 6.41. The average Bonchev–Trinajstić information content (AvgIpc) is 2.14. The van der Waals surface area contributed by atoms with Crippen LogP contribution in [0, 0.1) is 5.82 Å². The van der Waals surface area contributed by atoms with Crippen molar-refractivity contribution in [3.05, 3.63) is 29.8 Å². The SMILES string of the molecule is N[C@@H](CCCO)c1cncc(F)c1. The summed E-state index contributed by atoms with van der Waals surface area (Å²) in [4.78, 5) is 3.70. The van der Waals surface area contributed by atoms with E-state index in [-0.39, 0.29) is 18.5 Å². The van der Waals surface area contributed by atoms with E-state index < -0.39 is 0 Å². The van der Waals surface area contributed by atoms with Crippen LogP contribution in [0.1, 0.15) is 24.4 Å². The summed E-state index contributed by atoms with van der Waals surface area (Å²) < 4.78 is 12.7. The van der Waals surface area contributed by atoms with Gasteiger partial charge in [0.05, 0.1) is 6.20 Å². The second kappa shape index (κ2) is 4.89. The first kappa shape index (κ1) is 10.1. The molecule has 13 heavy (non-hydrogen) atoms. The van der Waals surface area contributed by atoms with Crippen LogP contribution in [0.2, 0.25) is 0 Å². The molecule has 0 radical (unpaired) electrons. The molecule has 0 unspecified atom stereocenters. The lowest BCUT2D eigenvalue weighted by Gasteiger charge is -2.09. The minimum atomic E-state index is -0.378. The lowest BCUT2D eigenvalue weighted by Crippen LogP contribution is -2.11. The average molecular weight is 184 g/mol. The zero-order valence-electron chi connectivity index (χ0n) is 7.28. The van der Waals surface area contributed by atoms with Crippen molar-refractivity contribution in [3.8, 4) is 0 Å². The van der Waals surface area contributed by atoms with E-state index in [1.165, 1.54) is 6.07 Å². The van der Waals surface area contributed by atoms with Crippen molar-refractivity contribution in [2.75, 3.05) is 6.61 Å². The van der Waals surface area contributed by atoms with Gasteiger partial charge in [0.1, 0.15) is 5.82 Å². The first-order valence-electron chi connectivity index (χ1n) is 4.21. The first-order chi connectivity index (χ1) is 6.24. The van der Waals surface area contributed by atoms with Gasteiger partial charge in [-0.1, -0.05) is 0 Å². The molecule has 3 nitrogen and oxygen atoms in total. The van der Waals surface area contributed by atoms with E-state index in [0.717, 1.165) is 6.20 Å². The van der Waals surface area contributed by atoms with Crippen LogP contribution in [0.15, 0.2) is 18.5 Å². The van der Waals surface area contributed by atoms with E-state index in [1.54, 1.807) is 6.20 Å². The lowest BCUT2D eigenvalue weighted by molar-refractivity contribution is 0.280. The van der Waals surface area contributed by atoms with Gasteiger partial charge in [0.2, 0.25) is 0 Å². The molecule has 0 saturated heterocycles. The fourth-order valence-electron chi connectivity index (χ4n) is 1.11. The molecule has 1 atom stereocenters. The monoisotopic (exact) mass is 184 g/mol. The van der Waals surface area contributed by atoms with Crippen molar-refractivity contribution in [3.63, 3.8) is 0 Å². The van der Waals surface area contributed by atoms with Gasteiger partial charge in [-0.3, -0.25) is 4.98 Å². The Hall–Kier alpha value is -1.00. The molecule has 0 aliphatic heterocycles. The Morgan fingerprint density at radius 1 is 1.54 bits per heavy atom. The standard InChI is InChI=1S/C9H13FN2O/c10-8-4-7(5-12-6-8)9(11)2-1-3-13/h4-6,9,13H,1-3,11H2/t9-/m0/s1. The van der Waals surface area contributed by atoms with Crippen molar-refractivity contribution in [2.45, 2.75) is 18.9 Å². The Labute approximate surface area is 76.4 Å². The van der Waals surface area contributed by atoms with Crippen molar-refractivity contribution in [1.82, 2.24) is 4.98 Å². The molecule has 1 heterocycles. The predicted molar refractivity (Wildman–Crippen MR) is 47.4 cm³/mol. The topological polar surface area (TPSA) is 59.1 Å². The quantitative estimate of drug-likeness (QED) is 0.733. The lowest BCUT2D eigenvalue weighted by atomic mass is 10.1. The van der Waals surface area contributed by atoms with Crippen LogP contribution >= 0.6 is 0 Å². The number of nitrogens with zero attached hydrogens (tertiary/aromatic N) is 1. The summed E-state index contributed by atoms with van der Waals surface area (Å²) in [5.74, 6) is -0.378. The highest BCUT2D eigenvalue weighted by Crippen LogP contribution is 2.14. The van der Waals surface area contributed by atoms with Crippen LogP contribution in [-0.4, -0.2) is 16.7 Å². The Balaban J connectivity index is 2.60. The number of hydrogen-bond acceptors (Lipinski definition) is 3. The van der Waals surface area contributed by atoms with E-state index in [0.29, 0.717) is 18.4 Å². The zero-order chi connectivity index (χ0) is 9.68. The molecule has 0 fully saturated rings. The molecule has 0 amide bonds. The second-order valence-corrected chi connectivity index (χ2v) is 2.91. The smallest absolute Gasteiger partial charge is 0.141 e. The van der Waals surface area contributed by atoms with E-state index in [2.05, 4.69) is 4.98 Å². The van der Waals surface area contributed by atoms with Crippen LogP contribution in [0.25, 0.3) is 0 Å². The van der Waals surface area contributed by atoms with Crippen LogP contribution in [0.5, 0.6) is 0 Å². The van der Waals surface area contributed by atoms with Crippen molar-refractivity contribution in [2.24, 2.45) is 5.73 Å². The van der Waals surface area contributed by atoms with Crippen molar-refractivity contribution in [1.29, 1.82) is 0 Å². The molecule has 1 aromatic heterocycles. The summed E-state index contributed by atoms with van der Waals surface area (Å²) >= 11 is 0. The minimum absolute atomic E-state index is 0.108. The number of aliphatic hydroxyl groups is 1. The number of nitrogens with two attached hydrogens (primary N) is 1. The molecule has 1 aromatic rings. The van der Waals surface area contributed by atoms with Crippen molar-refractivity contribution >= 4 is 0 Å². The van der Waals surface area contributed by atoms with E-state index in [4.69, 9.17) is 10.8 Å². The fraction of sp³-hybridized carbons (Fsp3) is 0.444. The summed E-state index contributed by atoms with van der Waals surface area (Å²) in [6.07, 6.45) is 3.95. The second-order valence-electron chi connectivity index (χ2n) is 2.91. The Kier molecular flexibility index (Phi) is 3.79. The van der Waals surface area contributed by atoms with Gasteiger partial charge in [-0.25, -0.2) is 4.39 Å². The van der Waals surface area contributed by atoms with Gasteiger partial charge >= 0.3 is 0 Å². The molecule has 0 spiro atoms. The van der Waals surface area contributed by atoms with E-state index in [1.807, 2.05) is 0 Å². The predicted octanol–water partition coefficient (Wildman–Crippen LogP) is 0.993. The van der Waals surface area contributed by atoms with E-state index >= 15 is 0 Å². The molecule has 0 bridgehead atoms. The third-order valence-corrected chi connectivity index (χ3v) is 1.83. The van der Waals surface area contributed by atoms with Crippen LogP contribution in [0.4, 0.5) is 4.39 Å². The van der Waals surface area contributed by atoms with Gasteiger partial charge in [-0.15, -0.1) is 0 Å². The van der Waals surface area contributed by atoms with Gasteiger partial charge in [0.15, 0.2) is 0 Å². The Morgan fingerprint density at radius 2 is 2.31 bits per heavy atom. The summed E-state index contributed by atoms with van der Waals surface area (Å²) in [6.45, 7) is 0.108. The number of aliphatic hydroxyl groups excluding tert-OH is 1. The molecule has 3 N–H and O–H groups in total. The first-order valence-corrected chi connectivity index (χ1v) is 4.21. The highest BCUT2D eigenvalue weighted by atomic mass is 19.1. The number of aromatic nitrogens is 1. The maximum absolute atomic E-state index is 12.7. The van der Waals surface area contributed by atoms with Crippen LogP contribution in [-0.2, 0) is 0 Å². The largest absolute Gasteiger partial charge is 0.396 e. The van der Waals surface area contributed by atoms with Crippen molar-refractivity contribution < 1.29 is 9.50 Å². The Morgan fingerprint density at radius 3 is 2.92 bits per heavy atom. The fourth-order valence-corrected chi connectivity index (χ4v) is 1.11. The molecular weight excluding hydrogens is 171 g/mol. The summed E-state index contributed by atoms with van der Waals surface area (Å²) in [7, 11) is 0. The van der Waals surface area contributed by atoms with Gasteiger partial charge in [0.25, 0.3) is 0 Å². The van der Waals surface area contributed by atoms with Gasteiger partial charge in [-0.2, -0.15) is 0 Å². The number of pyridine rings is 1. The molecule has 0 saturated carbocycles. The molecule has 72 valence electrons. The molecular formula is C9H13FN2O. The van der Waals surface area contributed by atoms with E-state index in [9.17, 15) is 4.39 Å². The summed E-state index contributed by atoms with van der Waals surface area (Å²) in [6, 6.07) is 1.13. The normalized spacial score (nSPS) is 12.8. The minimum Gasteiger partial charge on any atom is -0.396 e. The molecule has 4 heteroatoms. The molecule has 0 aliphatic carbocycles. The third kappa shape index (κ3) is 3.08. The highest BCUT2D eigenvalue weighted by molar-refractivity contribution is 5.14. The third-order valence-electron chi connectivity index (χ3n) is 1.83. The van der Waals surface area contributed by atoms with Gasteiger partial charge in [0, 0.05) is 18.8 Å². The maximum atomic E-state index is 12.7. The maximum Gasteiger partial charge on any atom is 0.141 e. The van der Waals surface area contributed by atoms with Gasteiger partial charge in [-0.05, 0) is 24.5 Å². The number of halogens is 1. The number of rotatable bonds is 4. The Bertz CT molecular complexity index is 268. The molecule has 0 aliphatic rings. The van der Waals surface area contributed by atoms with Crippen LogP contribution in [0.3, 0.4) is 0 Å². The highest BCUT2D eigenvalue weighted by Gasteiger charge is 2.06. The summed E-state index contributed by atoms with van der Waals surface area (Å²) in [5, 5.41) is 8.57. The van der Waals surface area contributed by atoms with Crippen LogP contribution < -0.4 is 5.73 Å². The molecule has 1 rings (SSSR count). The molecule has 0 aromatic carbocycles. The number of hydrogen-bond donors (Lipinski definition) is 2. The zero-order valence-corrected chi connectivity index (χ0v) is 7.28.